The zero-order chi connectivity index (χ0) is 32.2. The molecule has 0 aromatic heterocycles. The summed E-state index contributed by atoms with van der Waals surface area (Å²) in [6.45, 7) is 13.0. The smallest absolute Gasteiger partial charge is 0.119 e. The second-order valence-corrected chi connectivity index (χ2v) is 13.4. The number of nitrogens with one attached hydrogen (secondary N) is 1. The van der Waals surface area contributed by atoms with Crippen LogP contribution in [0.25, 0.3) is 22.3 Å². The molecule has 1 N–H and O–H groups in total. The monoisotopic (exact) mass is 619 g/mol. The Hall–Kier alpha value is -3.60. The molecule has 0 saturated carbocycles. The largest absolute Gasteiger partial charge is 0.494 e. The van der Waals surface area contributed by atoms with E-state index >= 15 is 0 Å². The molecule has 46 heavy (non-hydrogen) atoms. The standard InChI is InChI=1S/C42H53NO3/c1-5-24-42(7-3,25-6-2)37-20-16-33(17-21-37)34-18-22-38(23-19-34)43-39-14-10-12-35(28-39)36-13-11-15-40(29-36)46-27-9-8-26-44-30-41(4)31-45-32-41/h10-23,28-29,43H,5-9,24-27,30-32H2,1-4H3. The molecule has 4 aromatic rings. The van der Waals surface area contributed by atoms with Gasteiger partial charge in [0.15, 0.2) is 0 Å². The van der Waals surface area contributed by atoms with Crippen molar-refractivity contribution in [3.63, 3.8) is 0 Å². The van der Waals surface area contributed by atoms with Gasteiger partial charge in [0.1, 0.15) is 5.75 Å². The summed E-state index contributed by atoms with van der Waals surface area (Å²) in [5.74, 6) is 0.899. The summed E-state index contributed by atoms with van der Waals surface area (Å²) in [4.78, 5) is 0. The van der Waals surface area contributed by atoms with Crippen molar-refractivity contribution in [3.05, 3.63) is 103 Å². The van der Waals surface area contributed by atoms with Crippen LogP contribution in [0.5, 0.6) is 5.75 Å². The Morgan fingerprint density at radius 1 is 0.696 bits per heavy atom. The Kier molecular flexibility index (Phi) is 12.0. The van der Waals surface area contributed by atoms with Crippen LogP contribution in [0.1, 0.15) is 78.2 Å². The van der Waals surface area contributed by atoms with Crippen LogP contribution in [-0.2, 0) is 14.9 Å². The van der Waals surface area contributed by atoms with Gasteiger partial charge in [0, 0.05) is 23.4 Å². The highest BCUT2D eigenvalue weighted by Gasteiger charge is 2.33. The van der Waals surface area contributed by atoms with Crippen LogP contribution in [-0.4, -0.2) is 33.0 Å². The van der Waals surface area contributed by atoms with Gasteiger partial charge in [0.05, 0.1) is 26.4 Å². The first kappa shape index (κ1) is 33.8. The lowest BCUT2D eigenvalue weighted by Gasteiger charge is -2.37. The maximum atomic E-state index is 6.08. The van der Waals surface area contributed by atoms with Gasteiger partial charge in [0.25, 0.3) is 0 Å². The van der Waals surface area contributed by atoms with Crippen LogP contribution in [0.15, 0.2) is 97.1 Å². The summed E-state index contributed by atoms with van der Waals surface area (Å²) < 4.78 is 17.2. The lowest BCUT2D eigenvalue weighted by Crippen LogP contribution is -2.43. The third-order valence-corrected chi connectivity index (χ3v) is 9.47. The molecular weight excluding hydrogens is 566 g/mol. The van der Waals surface area contributed by atoms with Crippen LogP contribution in [0.3, 0.4) is 0 Å². The Labute approximate surface area is 277 Å². The summed E-state index contributed by atoms with van der Waals surface area (Å²) in [5.41, 5.74) is 8.94. The second kappa shape index (κ2) is 16.3. The summed E-state index contributed by atoms with van der Waals surface area (Å²) in [5, 5.41) is 3.60. The minimum atomic E-state index is 0.215. The fraction of sp³-hybridized carbons (Fsp3) is 0.429. The molecular formula is C42H53NO3. The summed E-state index contributed by atoms with van der Waals surface area (Å²) >= 11 is 0. The van der Waals surface area contributed by atoms with Crippen molar-refractivity contribution in [3.8, 4) is 28.0 Å². The molecule has 0 atom stereocenters. The molecule has 244 valence electrons. The number of anilines is 2. The van der Waals surface area contributed by atoms with Crippen LogP contribution >= 0.6 is 0 Å². The fourth-order valence-corrected chi connectivity index (χ4v) is 6.75. The first-order chi connectivity index (χ1) is 22.5. The van der Waals surface area contributed by atoms with E-state index in [4.69, 9.17) is 14.2 Å². The molecule has 0 unspecified atom stereocenters. The zero-order valence-corrected chi connectivity index (χ0v) is 28.4. The molecule has 1 saturated heterocycles. The minimum absolute atomic E-state index is 0.215. The quantitative estimate of drug-likeness (QED) is 0.112. The van der Waals surface area contributed by atoms with Gasteiger partial charge in [0.2, 0.25) is 0 Å². The molecule has 1 aliphatic heterocycles. The van der Waals surface area contributed by atoms with Gasteiger partial charge in [-0.1, -0.05) is 101 Å². The molecule has 4 heteroatoms. The molecule has 4 nitrogen and oxygen atoms in total. The number of hydrogen-bond donors (Lipinski definition) is 1. The average Bonchev–Trinajstić information content (AvgIpc) is 3.07. The Morgan fingerprint density at radius 2 is 1.33 bits per heavy atom. The van der Waals surface area contributed by atoms with E-state index in [1.807, 2.05) is 6.07 Å². The third-order valence-electron chi connectivity index (χ3n) is 9.47. The number of unbranched alkanes of at least 4 members (excludes halogenated alkanes) is 1. The van der Waals surface area contributed by atoms with Crippen molar-refractivity contribution in [1.82, 2.24) is 0 Å². The Balaban J connectivity index is 1.14. The maximum absolute atomic E-state index is 6.08. The highest BCUT2D eigenvalue weighted by molar-refractivity contribution is 5.73. The van der Waals surface area contributed by atoms with Gasteiger partial charge < -0.3 is 19.5 Å². The number of hydrogen-bond acceptors (Lipinski definition) is 4. The highest BCUT2D eigenvalue weighted by Crippen LogP contribution is 2.38. The van der Waals surface area contributed by atoms with Gasteiger partial charge >= 0.3 is 0 Å². The van der Waals surface area contributed by atoms with Crippen LogP contribution < -0.4 is 10.1 Å². The van der Waals surface area contributed by atoms with Crippen molar-refractivity contribution in [1.29, 1.82) is 0 Å². The Morgan fingerprint density at radius 3 is 1.96 bits per heavy atom. The van der Waals surface area contributed by atoms with Crippen molar-refractivity contribution < 1.29 is 14.2 Å². The van der Waals surface area contributed by atoms with E-state index in [0.717, 1.165) is 67.5 Å². The molecule has 4 aromatic carbocycles. The van der Waals surface area contributed by atoms with Crippen LogP contribution in [0, 0.1) is 5.41 Å². The lowest BCUT2D eigenvalue weighted by atomic mass is 9.71. The zero-order valence-electron chi connectivity index (χ0n) is 28.4. The van der Waals surface area contributed by atoms with E-state index in [-0.39, 0.29) is 5.41 Å². The fourth-order valence-electron chi connectivity index (χ4n) is 6.75. The van der Waals surface area contributed by atoms with E-state index in [2.05, 4.69) is 124 Å². The van der Waals surface area contributed by atoms with Gasteiger partial charge in [-0.3, -0.25) is 0 Å². The van der Waals surface area contributed by atoms with E-state index in [0.29, 0.717) is 12.0 Å². The minimum Gasteiger partial charge on any atom is -0.494 e. The second-order valence-electron chi connectivity index (χ2n) is 13.4. The normalized spacial score (nSPS) is 14.1. The topological polar surface area (TPSA) is 39.7 Å². The molecule has 1 fully saturated rings. The predicted molar refractivity (Wildman–Crippen MR) is 193 cm³/mol. The average molecular weight is 620 g/mol. The molecule has 0 radical (unpaired) electrons. The predicted octanol–water partition coefficient (Wildman–Crippen LogP) is 11.2. The Bertz CT molecular complexity index is 1480. The van der Waals surface area contributed by atoms with Crippen LogP contribution in [0.4, 0.5) is 11.4 Å². The first-order valence-corrected chi connectivity index (χ1v) is 17.4. The van der Waals surface area contributed by atoms with Gasteiger partial charge in [-0.25, -0.2) is 0 Å². The van der Waals surface area contributed by atoms with Crippen molar-refractivity contribution in [2.24, 2.45) is 5.41 Å². The van der Waals surface area contributed by atoms with E-state index in [1.165, 1.54) is 48.8 Å². The van der Waals surface area contributed by atoms with Crippen LogP contribution in [0.2, 0.25) is 0 Å². The maximum Gasteiger partial charge on any atom is 0.119 e. The summed E-state index contributed by atoms with van der Waals surface area (Å²) in [7, 11) is 0. The van der Waals surface area contributed by atoms with E-state index in [1.54, 1.807) is 0 Å². The van der Waals surface area contributed by atoms with Gasteiger partial charge in [-0.2, -0.15) is 0 Å². The molecule has 5 rings (SSSR count). The first-order valence-electron chi connectivity index (χ1n) is 17.4. The van der Waals surface area contributed by atoms with Crippen molar-refractivity contribution in [2.75, 3.05) is 38.4 Å². The van der Waals surface area contributed by atoms with E-state index in [9.17, 15) is 0 Å². The molecule has 0 aliphatic carbocycles. The van der Waals surface area contributed by atoms with Crippen molar-refractivity contribution >= 4 is 11.4 Å². The van der Waals surface area contributed by atoms with E-state index < -0.39 is 0 Å². The molecule has 0 spiro atoms. The number of benzene rings is 4. The lowest BCUT2D eigenvalue weighted by molar-refractivity contribution is -0.138. The molecule has 0 bridgehead atoms. The van der Waals surface area contributed by atoms with Gasteiger partial charge in [-0.15, -0.1) is 0 Å². The molecule has 1 aliphatic rings. The van der Waals surface area contributed by atoms with Gasteiger partial charge in [-0.05, 0) is 102 Å². The third kappa shape index (κ3) is 8.80. The number of rotatable bonds is 18. The highest BCUT2D eigenvalue weighted by atomic mass is 16.5. The number of ether oxygens (including phenoxy) is 3. The van der Waals surface area contributed by atoms with Crippen molar-refractivity contribution in [2.45, 2.75) is 78.1 Å². The molecule has 1 heterocycles. The molecule has 0 amide bonds. The summed E-state index contributed by atoms with van der Waals surface area (Å²) in [6.07, 6.45) is 8.12. The summed E-state index contributed by atoms with van der Waals surface area (Å²) in [6, 6.07) is 35.0. The SMILES string of the molecule is CCCC(CC)(CCC)c1ccc(-c2ccc(Nc3cccc(-c4cccc(OCCCCOCC5(C)COC5)c4)c3)cc2)cc1.